The molecule has 1 saturated heterocycles. The monoisotopic (exact) mass is 620 g/mol. The molecular weight excluding hydrogens is 590 g/mol. The van der Waals surface area contributed by atoms with Crippen molar-refractivity contribution in [1.82, 2.24) is 4.90 Å². The summed E-state index contributed by atoms with van der Waals surface area (Å²) in [6.45, 7) is -0.155. The fourth-order valence-corrected chi connectivity index (χ4v) is 5.90. The molecule has 0 spiro atoms. The van der Waals surface area contributed by atoms with E-state index in [2.05, 4.69) is 0 Å². The molecule has 7 nitrogen and oxygen atoms in total. The highest BCUT2D eigenvalue weighted by Gasteiger charge is 2.42. The summed E-state index contributed by atoms with van der Waals surface area (Å²) < 4.78 is 22.1. The predicted octanol–water partition coefficient (Wildman–Crippen LogP) is 6.24. The second-order valence-corrected chi connectivity index (χ2v) is 11.9. The zero-order valence-corrected chi connectivity index (χ0v) is 24.4. The van der Waals surface area contributed by atoms with Gasteiger partial charge < -0.3 is 24.2 Å². The summed E-state index contributed by atoms with van der Waals surface area (Å²) >= 11 is 13.1. The van der Waals surface area contributed by atoms with Crippen LogP contribution in [0.25, 0.3) is 0 Å². The lowest BCUT2D eigenvalue weighted by Crippen LogP contribution is -2.57. The lowest BCUT2D eigenvalue weighted by Gasteiger charge is -2.44. The molecule has 11 heteroatoms. The Kier molecular flexibility index (Phi) is 11.3. The molecule has 1 amide bonds. The number of carboxylic acids is 1. The Bertz CT molecular complexity index is 1300. The van der Waals surface area contributed by atoms with E-state index < -0.39 is 42.3 Å². The SMILES string of the molecule is Clc1ccccc1.O=C(O)C[C@H]1OC[C@@H](c2ccc(Cl)cc2)N([C@@H](CO)CN(SC2CC2)c2ccccc2F)C1=O. The number of nitrogens with zero attached hydrogens (tertiary/aromatic N) is 2. The molecule has 0 aromatic heterocycles. The van der Waals surface area contributed by atoms with Gasteiger partial charge in [-0.25, -0.2) is 4.39 Å². The van der Waals surface area contributed by atoms with Gasteiger partial charge in [-0.15, -0.1) is 0 Å². The van der Waals surface area contributed by atoms with Crippen LogP contribution in [0.5, 0.6) is 0 Å². The summed E-state index contributed by atoms with van der Waals surface area (Å²) in [5, 5.41) is 21.3. The molecule has 2 N–H and O–H groups in total. The van der Waals surface area contributed by atoms with Gasteiger partial charge in [0.15, 0.2) is 0 Å². The van der Waals surface area contributed by atoms with Gasteiger partial charge in [-0.3, -0.25) is 9.59 Å². The van der Waals surface area contributed by atoms with E-state index in [0.29, 0.717) is 16.0 Å². The fraction of sp³-hybridized carbons (Fsp3) is 0.333. The lowest BCUT2D eigenvalue weighted by atomic mass is 9.99. The minimum atomic E-state index is -1.16. The van der Waals surface area contributed by atoms with Crippen molar-refractivity contribution >= 4 is 52.7 Å². The van der Waals surface area contributed by atoms with Gasteiger partial charge in [0.1, 0.15) is 11.9 Å². The number of carbonyl (C=O) groups excluding carboxylic acids is 1. The Morgan fingerprint density at radius 1 is 1.02 bits per heavy atom. The van der Waals surface area contributed by atoms with Gasteiger partial charge in [0, 0.05) is 15.3 Å². The van der Waals surface area contributed by atoms with Crippen LogP contribution in [0.2, 0.25) is 10.0 Å². The van der Waals surface area contributed by atoms with E-state index in [1.807, 2.05) is 30.3 Å². The molecule has 218 valence electrons. The Morgan fingerprint density at radius 3 is 2.22 bits per heavy atom. The number of carboxylic acid groups (broad SMARTS) is 1. The van der Waals surface area contributed by atoms with Gasteiger partial charge >= 0.3 is 5.97 Å². The molecular formula is C30H31Cl2FN2O5S. The number of ether oxygens (including phenoxy) is 1. The van der Waals surface area contributed by atoms with Crippen molar-refractivity contribution in [2.24, 2.45) is 0 Å². The van der Waals surface area contributed by atoms with Crippen LogP contribution >= 0.6 is 35.1 Å². The molecule has 0 unspecified atom stereocenters. The number of aliphatic carboxylic acids is 1. The number of aliphatic hydroxyl groups is 1. The normalized spacial score (nSPS) is 19.2. The third kappa shape index (κ3) is 8.83. The Balaban J connectivity index is 0.000000483. The highest BCUT2D eigenvalue weighted by molar-refractivity contribution is 8.01. The van der Waals surface area contributed by atoms with E-state index in [1.165, 1.54) is 22.9 Å². The number of para-hydroxylation sites is 1. The van der Waals surface area contributed by atoms with Crippen molar-refractivity contribution in [3.8, 4) is 0 Å². The van der Waals surface area contributed by atoms with Crippen molar-refractivity contribution in [3.63, 3.8) is 0 Å². The summed E-state index contributed by atoms with van der Waals surface area (Å²) in [7, 11) is 0. The number of aliphatic hydroxyl groups excluding tert-OH is 1. The van der Waals surface area contributed by atoms with Crippen LogP contribution < -0.4 is 4.31 Å². The number of rotatable bonds is 10. The minimum Gasteiger partial charge on any atom is -0.481 e. The Labute approximate surface area is 252 Å². The number of halogens is 3. The smallest absolute Gasteiger partial charge is 0.306 e. The topological polar surface area (TPSA) is 90.3 Å². The van der Waals surface area contributed by atoms with Crippen LogP contribution in [-0.4, -0.2) is 64.1 Å². The summed E-state index contributed by atoms with van der Waals surface area (Å²) in [6.07, 6.45) is 0.399. The van der Waals surface area contributed by atoms with Gasteiger partial charge in [-0.05, 0) is 66.8 Å². The maximum Gasteiger partial charge on any atom is 0.306 e. The van der Waals surface area contributed by atoms with Crippen molar-refractivity contribution in [1.29, 1.82) is 0 Å². The molecule has 5 rings (SSSR count). The first-order valence-corrected chi connectivity index (χ1v) is 14.8. The maximum atomic E-state index is 14.7. The van der Waals surface area contributed by atoms with Crippen molar-refractivity contribution in [2.45, 2.75) is 42.7 Å². The highest BCUT2D eigenvalue weighted by atomic mass is 35.5. The van der Waals surface area contributed by atoms with E-state index in [1.54, 1.807) is 46.8 Å². The average Bonchev–Trinajstić information content (AvgIpc) is 3.78. The van der Waals surface area contributed by atoms with Crippen LogP contribution in [0.15, 0.2) is 78.9 Å². The predicted molar refractivity (Wildman–Crippen MR) is 160 cm³/mol. The van der Waals surface area contributed by atoms with Gasteiger partial charge in [0.2, 0.25) is 0 Å². The lowest BCUT2D eigenvalue weighted by molar-refractivity contribution is -0.169. The van der Waals surface area contributed by atoms with Gasteiger partial charge in [0.25, 0.3) is 5.91 Å². The zero-order valence-electron chi connectivity index (χ0n) is 22.1. The molecule has 1 heterocycles. The second-order valence-electron chi connectivity index (χ2n) is 9.68. The summed E-state index contributed by atoms with van der Waals surface area (Å²) in [5.74, 6) is -2.06. The number of carbonyl (C=O) groups is 2. The minimum absolute atomic E-state index is 0.0668. The van der Waals surface area contributed by atoms with E-state index >= 15 is 0 Å². The first kappa shape index (κ1) is 31.1. The summed E-state index contributed by atoms with van der Waals surface area (Å²) in [5.41, 5.74) is 1.13. The molecule has 1 saturated carbocycles. The highest BCUT2D eigenvalue weighted by Crippen LogP contribution is 2.40. The van der Waals surface area contributed by atoms with Gasteiger partial charge in [0.05, 0.1) is 44.0 Å². The Hall–Kier alpha value is -2.82. The van der Waals surface area contributed by atoms with E-state index in [9.17, 15) is 24.2 Å². The molecule has 0 bridgehead atoms. The van der Waals surface area contributed by atoms with Gasteiger partial charge in [-0.2, -0.15) is 0 Å². The summed E-state index contributed by atoms with van der Waals surface area (Å²) in [6, 6.07) is 21.5. The number of anilines is 1. The summed E-state index contributed by atoms with van der Waals surface area (Å²) in [4.78, 5) is 26.2. The number of morpholine rings is 1. The molecule has 0 radical (unpaired) electrons. The number of amides is 1. The average molecular weight is 622 g/mol. The molecule has 41 heavy (non-hydrogen) atoms. The first-order chi connectivity index (χ1) is 19.8. The number of benzene rings is 3. The molecule has 1 aliphatic heterocycles. The van der Waals surface area contributed by atoms with E-state index in [4.69, 9.17) is 27.9 Å². The zero-order chi connectivity index (χ0) is 29.4. The first-order valence-electron chi connectivity index (χ1n) is 13.2. The van der Waals surface area contributed by atoms with Gasteiger partial charge in [-0.1, -0.05) is 65.7 Å². The van der Waals surface area contributed by atoms with Crippen LogP contribution in [0, 0.1) is 5.82 Å². The van der Waals surface area contributed by atoms with Crippen molar-refractivity contribution in [3.05, 3.63) is 100 Å². The molecule has 2 aliphatic rings. The molecule has 2 fully saturated rings. The molecule has 1 aliphatic carbocycles. The fourth-order valence-electron chi connectivity index (χ4n) is 4.41. The van der Waals surface area contributed by atoms with E-state index in [0.717, 1.165) is 23.4 Å². The third-order valence-corrected chi connectivity index (χ3v) is 8.45. The Morgan fingerprint density at radius 2 is 1.66 bits per heavy atom. The standard InChI is InChI=1S/C24H26ClFN2O5S.C6H5Cl/c25-16-7-5-15(6-8-16)21-14-33-22(11-23(30)31)24(32)28(21)17(13-29)12-27(34-18-9-10-18)20-4-2-1-3-19(20)26;7-6-4-2-1-3-5-6/h1-8,17-18,21-22,29H,9-14H2,(H,30,31);1-5H/t17-,21+,22-;/m1./s1. The number of hydrogen-bond donors (Lipinski definition) is 2. The second kappa shape index (κ2) is 14.9. The quantitative estimate of drug-likeness (QED) is 0.259. The molecule has 3 aromatic carbocycles. The van der Waals surface area contributed by atoms with Crippen molar-refractivity contribution in [2.75, 3.05) is 24.1 Å². The van der Waals surface area contributed by atoms with Crippen molar-refractivity contribution < 1.29 is 28.9 Å². The molecule has 3 aromatic rings. The van der Waals surface area contributed by atoms with Crippen LogP contribution in [0.3, 0.4) is 0 Å². The largest absolute Gasteiger partial charge is 0.481 e. The van der Waals surface area contributed by atoms with E-state index in [-0.39, 0.29) is 19.8 Å². The number of hydrogen-bond acceptors (Lipinski definition) is 6. The van der Waals surface area contributed by atoms with Crippen LogP contribution in [-0.2, 0) is 14.3 Å². The maximum absolute atomic E-state index is 14.7. The van der Waals surface area contributed by atoms with Crippen LogP contribution in [0.4, 0.5) is 10.1 Å². The molecule has 3 atom stereocenters. The third-order valence-electron chi connectivity index (χ3n) is 6.57. The van der Waals surface area contributed by atoms with Crippen LogP contribution in [0.1, 0.15) is 30.9 Å².